The van der Waals surface area contributed by atoms with E-state index < -0.39 is 0 Å². The van der Waals surface area contributed by atoms with Gasteiger partial charge in [0.2, 0.25) is 0 Å². The van der Waals surface area contributed by atoms with Gasteiger partial charge in [0, 0.05) is 18.0 Å². The topological polar surface area (TPSA) is 59.0 Å². The number of aromatic nitrogens is 2. The number of rotatable bonds is 4. The summed E-state index contributed by atoms with van der Waals surface area (Å²) in [6.07, 6.45) is 2.25. The van der Waals surface area contributed by atoms with Crippen molar-refractivity contribution in [1.29, 1.82) is 0 Å². The molecule has 5 nitrogen and oxygen atoms in total. The summed E-state index contributed by atoms with van der Waals surface area (Å²) in [5, 5.41) is 11.9. The first-order chi connectivity index (χ1) is 10.7. The molecule has 6 heteroatoms. The fourth-order valence-corrected chi connectivity index (χ4v) is 3.06. The fraction of sp³-hybridized carbons (Fsp3) is 0.529. The number of piperidine rings is 1. The Morgan fingerprint density at radius 2 is 2.04 bits per heavy atom. The Morgan fingerprint density at radius 3 is 2.74 bits per heavy atom. The number of fused-ring (bicyclic) bond motifs is 1. The number of carbonyl (C=O) groups excluding carboxylic acids is 1. The van der Waals surface area contributed by atoms with Gasteiger partial charge in [-0.05, 0) is 51.8 Å². The van der Waals surface area contributed by atoms with Gasteiger partial charge in [-0.2, -0.15) is 5.10 Å². The molecule has 0 unspecified atom stereocenters. The summed E-state index contributed by atoms with van der Waals surface area (Å²) in [5.41, 5.74) is 1.56. The van der Waals surface area contributed by atoms with Crippen LogP contribution in [0, 0.1) is 5.92 Å². The summed E-state index contributed by atoms with van der Waals surface area (Å²) in [6.45, 7) is 6.99. The van der Waals surface area contributed by atoms with Gasteiger partial charge in [0.25, 0.3) is 5.91 Å². The molecule has 1 saturated heterocycles. The molecular weight excluding hydrogens is 312 g/mol. The van der Waals surface area contributed by atoms with Gasteiger partial charge < -0.3 is 10.6 Å². The van der Waals surface area contributed by atoms with Crippen LogP contribution in [0.3, 0.4) is 0 Å². The number of nitrogens with one attached hydrogen (secondary N) is 2. The van der Waals surface area contributed by atoms with Gasteiger partial charge in [0.05, 0.1) is 5.52 Å². The molecule has 1 fully saturated rings. The van der Waals surface area contributed by atoms with Crippen molar-refractivity contribution >= 4 is 29.2 Å². The molecule has 0 radical (unpaired) electrons. The van der Waals surface area contributed by atoms with Crippen LogP contribution >= 0.6 is 12.4 Å². The Bertz CT molecular complexity index is 662. The van der Waals surface area contributed by atoms with Gasteiger partial charge in [-0.25, -0.2) is 0 Å². The SMILES string of the molecule is CC(C)n1nc(C(=O)NCC2CCNCC2)c2ccccc21.Cl. The van der Waals surface area contributed by atoms with Gasteiger partial charge in [-0.15, -0.1) is 12.4 Å². The van der Waals surface area contributed by atoms with E-state index in [1.54, 1.807) is 0 Å². The van der Waals surface area contributed by atoms with Crippen molar-refractivity contribution in [2.24, 2.45) is 5.92 Å². The van der Waals surface area contributed by atoms with Crippen molar-refractivity contribution in [2.45, 2.75) is 32.7 Å². The number of nitrogens with zero attached hydrogens (tertiary/aromatic N) is 2. The molecule has 1 aromatic heterocycles. The maximum absolute atomic E-state index is 12.5. The molecule has 0 atom stereocenters. The fourth-order valence-electron chi connectivity index (χ4n) is 3.06. The third-order valence-corrected chi connectivity index (χ3v) is 4.33. The number of para-hydroxylation sites is 1. The molecule has 0 aliphatic carbocycles. The summed E-state index contributed by atoms with van der Waals surface area (Å²) < 4.78 is 1.93. The predicted octanol–water partition coefficient (Wildman–Crippen LogP) is 2.77. The van der Waals surface area contributed by atoms with Crippen molar-refractivity contribution in [1.82, 2.24) is 20.4 Å². The quantitative estimate of drug-likeness (QED) is 0.902. The molecule has 23 heavy (non-hydrogen) atoms. The Morgan fingerprint density at radius 1 is 1.35 bits per heavy atom. The Labute approximate surface area is 143 Å². The van der Waals surface area contributed by atoms with E-state index in [4.69, 9.17) is 0 Å². The van der Waals surface area contributed by atoms with Crippen LogP contribution in [-0.4, -0.2) is 35.3 Å². The molecule has 0 spiro atoms. The molecule has 1 amide bonds. The van der Waals surface area contributed by atoms with Crippen LogP contribution in [0.1, 0.15) is 43.2 Å². The minimum atomic E-state index is -0.0610. The third-order valence-electron chi connectivity index (χ3n) is 4.33. The largest absolute Gasteiger partial charge is 0.350 e. The molecule has 0 saturated carbocycles. The second-order valence-electron chi connectivity index (χ2n) is 6.31. The molecule has 2 heterocycles. The van der Waals surface area contributed by atoms with Crippen LogP contribution < -0.4 is 10.6 Å². The molecule has 2 N–H and O–H groups in total. The normalized spacial score (nSPS) is 15.6. The van der Waals surface area contributed by atoms with E-state index in [1.165, 1.54) is 0 Å². The molecule has 126 valence electrons. The maximum atomic E-state index is 12.5. The van der Waals surface area contributed by atoms with E-state index >= 15 is 0 Å². The van der Waals surface area contributed by atoms with E-state index in [-0.39, 0.29) is 24.4 Å². The number of halogens is 1. The van der Waals surface area contributed by atoms with Crippen molar-refractivity contribution < 1.29 is 4.79 Å². The van der Waals surface area contributed by atoms with Crippen LogP contribution in [0.4, 0.5) is 0 Å². The minimum absolute atomic E-state index is 0. The minimum Gasteiger partial charge on any atom is -0.350 e. The van der Waals surface area contributed by atoms with Crippen LogP contribution in [0.15, 0.2) is 24.3 Å². The van der Waals surface area contributed by atoms with Crippen molar-refractivity contribution in [3.63, 3.8) is 0 Å². The predicted molar refractivity (Wildman–Crippen MR) is 95.3 cm³/mol. The lowest BCUT2D eigenvalue weighted by atomic mass is 9.98. The molecule has 1 aromatic carbocycles. The first-order valence-corrected chi connectivity index (χ1v) is 8.13. The first-order valence-electron chi connectivity index (χ1n) is 8.13. The van der Waals surface area contributed by atoms with Gasteiger partial charge in [-0.1, -0.05) is 18.2 Å². The average molecular weight is 337 g/mol. The highest BCUT2D eigenvalue weighted by molar-refractivity contribution is 6.04. The maximum Gasteiger partial charge on any atom is 0.272 e. The molecule has 1 aliphatic heterocycles. The highest BCUT2D eigenvalue weighted by atomic mass is 35.5. The third kappa shape index (κ3) is 3.85. The van der Waals surface area contributed by atoms with E-state index in [1.807, 2.05) is 28.9 Å². The molecule has 1 aliphatic rings. The standard InChI is InChI=1S/C17H24N4O.ClH/c1-12(2)21-15-6-4-3-5-14(15)16(20-21)17(22)19-11-13-7-9-18-10-8-13;/h3-6,12-13,18H,7-11H2,1-2H3,(H,19,22);1H. The van der Waals surface area contributed by atoms with Crippen molar-refractivity contribution in [2.75, 3.05) is 19.6 Å². The lowest BCUT2D eigenvalue weighted by molar-refractivity contribution is 0.0939. The van der Waals surface area contributed by atoms with Gasteiger partial charge in [0.15, 0.2) is 5.69 Å². The van der Waals surface area contributed by atoms with Gasteiger partial charge in [0.1, 0.15) is 0 Å². The molecule has 3 rings (SSSR count). The van der Waals surface area contributed by atoms with Crippen LogP contribution in [-0.2, 0) is 0 Å². The molecule has 0 bridgehead atoms. The summed E-state index contributed by atoms with van der Waals surface area (Å²) in [5.74, 6) is 0.512. The van der Waals surface area contributed by atoms with E-state index in [9.17, 15) is 4.79 Å². The zero-order chi connectivity index (χ0) is 15.5. The van der Waals surface area contributed by atoms with Crippen molar-refractivity contribution in [3.05, 3.63) is 30.0 Å². The Hall–Kier alpha value is -1.59. The van der Waals surface area contributed by atoms with E-state index in [2.05, 4.69) is 29.6 Å². The summed E-state index contributed by atoms with van der Waals surface area (Å²) >= 11 is 0. The number of hydrogen-bond donors (Lipinski definition) is 2. The lowest BCUT2D eigenvalue weighted by Gasteiger charge is -2.22. The van der Waals surface area contributed by atoms with E-state index in [0.29, 0.717) is 11.6 Å². The summed E-state index contributed by atoms with van der Waals surface area (Å²) in [6, 6.07) is 8.17. The lowest BCUT2D eigenvalue weighted by Crippen LogP contribution is -2.36. The first kappa shape index (κ1) is 17.8. The molecular formula is C17H25ClN4O. The monoisotopic (exact) mass is 336 g/mol. The number of amides is 1. The van der Waals surface area contributed by atoms with Crippen molar-refractivity contribution in [3.8, 4) is 0 Å². The van der Waals surface area contributed by atoms with Gasteiger partial charge >= 0.3 is 0 Å². The Balaban J connectivity index is 0.00000192. The molecule has 2 aromatic rings. The smallest absolute Gasteiger partial charge is 0.272 e. The second-order valence-corrected chi connectivity index (χ2v) is 6.31. The highest BCUT2D eigenvalue weighted by Crippen LogP contribution is 2.21. The summed E-state index contributed by atoms with van der Waals surface area (Å²) in [4.78, 5) is 12.5. The van der Waals surface area contributed by atoms with Crippen LogP contribution in [0.2, 0.25) is 0 Å². The van der Waals surface area contributed by atoms with Gasteiger partial charge in [-0.3, -0.25) is 9.48 Å². The van der Waals surface area contributed by atoms with Crippen LogP contribution in [0.5, 0.6) is 0 Å². The summed E-state index contributed by atoms with van der Waals surface area (Å²) in [7, 11) is 0. The zero-order valence-electron chi connectivity index (χ0n) is 13.7. The number of hydrogen-bond acceptors (Lipinski definition) is 3. The second kappa shape index (κ2) is 7.79. The highest BCUT2D eigenvalue weighted by Gasteiger charge is 2.19. The number of benzene rings is 1. The van der Waals surface area contributed by atoms with E-state index in [0.717, 1.165) is 43.4 Å². The Kier molecular flexibility index (Phi) is 6.02. The number of carbonyl (C=O) groups is 1. The zero-order valence-corrected chi connectivity index (χ0v) is 14.5. The van der Waals surface area contributed by atoms with Crippen LogP contribution in [0.25, 0.3) is 10.9 Å². The average Bonchev–Trinajstić information content (AvgIpc) is 2.93.